The largest absolute Gasteiger partial charge is 0.465 e. The van der Waals surface area contributed by atoms with Crippen molar-refractivity contribution in [3.63, 3.8) is 0 Å². The Morgan fingerprint density at radius 3 is 2.67 bits per heavy atom. The van der Waals surface area contributed by atoms with E-state index in [4.69, 9.17) is 9.47 Å². The fraction of sp³-hybridized carbons (Fsp3) is 0.941. The van der Waals surface area contributed by atoms with Crippen LogP contribution in [-0.2, 0) is 14.3 Å². The summed E-state index contributed by atoms with van der Waals surface area (Å²) >= 11 is 0. The lowest BCUT2D eigenvalue weighted by atomic mass is 9.85. The molecule has 0 aromatic heterocycles. The van der Waals surface area contributed by atoms with Gasteiger partial charge >= 0.3 is 5.97 Å². The van der Waals surface area contributed by atoms with E-state index in [9.17, 15) is 4.79 Å². The summed E-state index contributed by atoms with van der Waals surface area (Å²) < 4.78 is 11.2. The summed E-state index contributed by atoms with van der Waals surface area (Å²) in [5.41, 5.74) is 0. The second-order valence-electron chi connectivity index (χ2n) is 5.91. The summed E-state index contributed by atoms with van der Waals surface area (Å²) in [5, 5.41) is 3.26. The zero-order chi connectivity index (χ0) is 15.5. The molecule has 21 heavy (non-hydrogen) atoms. The lowest BCUT2D eigenvalue weighted by molar-refractivity contribution is -0.146. The van der Waals surface area contributed by atoms with Crippen LogP contribution >= 0.6 is 0 Å². The van der Waals surface area contributed by atoms with Crippen LogP contribution in [-0.4, -0.2) is 37.9 Å². The Kier molecular flexibility index (Phi) is 9.68. The molecule has 0 amide bonds. The van der Waals surface area contributed by atoms with Crippen LogP contribution in [0.25, 0.3) is 0 Å². The summed E-state index contributed by atoms with van der Waals surface area (Å²) in [4.78, 5) is 11.9. The van der Waals surface area contributed by atoms with E-state index in [1.54, 1.807) is 0 Å². The molecule has 1 aliphatic carbocycles. The Hall–Kier alpha value is -0.610. The number of nitrogens with one attached hydrogen (secondary N) is 1. The molecular weight excluding hydrogens is 266 g/mol. The number of hydrogen-bond acceptors (Lipinski definition) is 4. The number of esters is 1. The van der Waals surface area contributed by atoms with Gasteiger partial charge in [0, 0.05) is 6.61 Å². The van der Waals surface area contributed by atoms with Gasteiger partial charge in [0.15, 0.2) is 0 Å². The topological polar surface area (TPSA) is 47.6 Å². The van der Waals surface area contributed by atoms with Crippen molar-refractivity contribution in [1.29, 1.82) is 0 Å². The smallest absolute Gasteiger partial charge is 0.323 e. The highest BCUT2D eigenvalue weighted by molar-refractivity contribution is 5.75. The molecule has 124 valence electrons. The number of carbonyl (C=O) groups excluding carboxylic acids is 1. The lowest BCUT2D eigenvalue weighted by Gasteiger charge is -2.31. The highest BCUT2D eigenvalue weighted by Gasteiger charge is 2.25. The van der Waals surface area contributed by atoms with Crippen molar-refractivity contribution in [2.24, 2.45) is 5.92 Å². The second-order valence-corrected chi connectivity index (χ2v) is 5.91. The van der Waals surface area contributed by atoms with Gasteiger partial charge < -0.3 is 14.8 Å². The van der Waals surface area contributed by atoms with Crippen molar-refractivity contribution < 1.29 is 14.3 Å². The van der Waals surface area contributed by atoms with Crippen LogP contribution in [0.2, 0.25) is 0 Å². The van der Waals surface area contributed by atoms with Crippen molar-refractivity contribution in [1.82, 2.24) is 5.32 Å². The van der Waals surface area contributed by atoms with Crippen LogP contribution in [0.1, 0.15) is 65.7 Å². The number of carbonyl (C=O) groups is 1. The van der Waals surface area contributed by atoms with Crippen LogP contribution in [0.5, 0.6) is 0 Å². The zero-order valence-electron chi connectivity index (χ0n) is 14.0. The molecule has 0 aromatic carbocycles. The predicted molar refractivity (Wildman–Crippen MR) is 85.3 cm³/mol. The van der Waals surface area contributed by atoms with E-state index >= 15 is 0 Å². The molecule has 0 bridgehead atoms. The highest BCUT2D eigenvalue weighted by atomic mass is 16.5. The van der Waals surface area contributed by atoms with Gasteiger partial charge in [-0.25, -0.2) is 0 Å². The highest BCUT2D eigenvalue weighted by Crippen LogP contribution is 2.29. The molecule has 1 saturated carbocycles. The quantitative estimate of drug-likeness (QED) is 0.629. The Morgan fingerprint density at radius 2 is 2.00 bits per heavy atom. The average molecular weight is 299 g/mol. The Bertz CT molecular complexity index is 283. The van der Waals surface area contributed by atoms with E-state index in [1.807, 2.05) is 6.92 Å². The molecule has 0 aliphatic heterocycles. The van der Waals surface area contributed by atoms with E-state index in [2.05, 4.69) is 19.2 Å². The van der Waals surface area contributed by atoms with Gasteiger partial charge in [-0.2, -0.15) is 0 Å². The van der Waals surface area contributed by atoms with E-state index < -0.39 is 0 Å². The van der Waals surface area contributed by atoms with Gasteiger partial charge in [0.1, 0.15) is 6.04 Å². The molecule has 0 heterocycles. The minimum absolute atomic E-state index is 0.148. The first-order chi connectivity index (χ1) is 10.2. The molecule has 3 unspecified atom stereocenters. The first-order valence-corrected chi connectivity index (χ1v) is 8.74. The third kappa shape index (κ3) is 6.79. The zero-order valence-corrected chi connectivity index (χ0v) is 14.0. The van der Waals surface area contributed by atoms with Crippen molar-refractivity contribution >= 4 is 5.97 Å². The molecule has 1 N–H and O–H groups in total. The Labute approximate surface area is 130 Å². The van der Waals surface area contributed by atoms with Crippen LogP contribution in [0.4, 0.5) is 0 Å². The fourth-order valence-electron chi connectivity index (χ4n) is 3.06. The van der Waals surface area contributed by atoms with E-state index in [-0.39, 0.29) is 12.0 Å². The fourth-order valence-corrected chi connectivity index (χ4v) is 3.06. The molecule has 0 radical (unpaired) electrons. The SMILES string of the molecule is CCCNC(CCOC1CCCCC1CC)C(=O)OCC. The predicted octanol–water partition coefficient (Wildman–Crippen LogP) is 3.29. The summed E-state index contributed by atoms with van der Waals surface area (Å²) in [5.74, 6) is 0.550. The maximum absolute atomic E-state index is 11.9. The normalized spacial score (nSPS) is 23.8. The van der Waals surface area contributed by atoms with Crippen LogP contribution < -0.4 is 5.32 Å². The third-order valence-electron chi connectivity index (χ3n) is 4.31. The monoisotopic (exact) mass is 299 g/mol. The minimum Gasteiger partial charge on any atom is -0.465 e. The van der Waals surface area contributed by atoms with Gasteiger partial charge in [0.25, 0.3) is 0 Å². The maximum Gasteiger partial charge on any atom is 0.323 e. The van der Waals surface area contributed by atoms with Crippen LogP contribution in [0.15, 0.2) is 0 Å². The van der Waals surface area contributed by atoms with Gasteiger partial charge in [0.05, 0.1) is 12.7 Å². The van der Waals surface area contributed by atoms with Gasteiger partial charge in [-0.15, -0.1) is 0 Å². The average Bonchev–Trinajstić information content (AvgIpc) is 2.51. The van der Waals surface area contributed by atoms with Crippen molar-refractivity contribution in [2.75, 3.05) is 19.8 Å². The summed E-state index contributed by atoms with van der Waals surface area (Å²) in [6.07, 6.45) is 8.36. The maximum atomic E-state index is 11.9. The van der Waals surface area contributed by atoms with Crippen molar-refractivity contribution in [3.8, 4) is 0 Å². The first kappa shape index (κ1) is 18.4. The summed E-state index contributed by atoms with van der Waals surface area (Å²) in [6.45, 7) is 8.10. The molecule has 4 nitrogen and oxygen atoms in total. The number of rotatable bonds is 10. The van der Waals surface area contributed by atoms with Crippen molar-refractivity contribution in [2.45, 2.75) is 77.9 Å². The van der Waals surface area contributed by atoms with Crippen molar-refractivity contribution in [3.05, 3.63) is 0 Å². The minimum atomic E-state index is -0.228. The molecule has 1 rings (SSSR count). The van der Waals surface area contributed by atoms with Gasteiger partial charge in [-0.1, -0.05) is 33.1 Å². The molecule has 1 fully saturated rings. The Morgan fingerprint density at radius 1 is 1.24 bits per heavy atom. The molecule has 4 heteroatoms. The van der Waals surface area contributed by atoms with Gasteiger partial charge in [-0.05, 0) is 45.1 Å². The molecular formula is C17H33NO3. The summed E-state index contributed by atoms with van der Waals surface area (Å²) in [7, 11) is 0. The third-order valence-corrected chi connectivity index (χ3v) is 4.31. The number of ether oxygens (including phenoxy) is 2. The molecule has 0 spiro atoms. The standard InChI is InChI=1S/C17H33NO3/c1-4-12-18-15(17(19)20-6-3)11-13-21-16-10-8-7-9-14(16)5-2/h14-16,18H,4-13H2,1-3H3. The first-order valence-electron chi connectivity index (χ1n) is 8.74. The molecule has 3 atom stereocenters. The molecule has 1 aliphatic rings. The van der Waals surface area contributed by atoms with Gasteiger partial charge in [0.2, 0.25) is 0 Å². The van der Waals surface area contributed by atoms with Gasteiger partial charge in [-0.3, -0.25) is 4.79 Å². The van der Waals surface area contributed by atoms with E-state index in [1.165, 1.54) is 32.1 Å². The molecule has 0 saturated heterocycles. The number of hydrogen-bond donors (Lipinski definition) is 1. The van der Waals surface area contributed by atoms with E-state index in [0.717, 1.165) is 13.0 Å². The lowest BCUT2D eigenvalue weighted by Crippen LogP contribution is -2.40. The molecule has 0 aromatic rings. The van der Waals surface area contributed by atoms with Crippen LogP contribution in [0, 0.1) is 5.92 Å². The Balaban J connectivity index is 2.35. The second kappa shape index (κ2) is 11.0. The summed E-state index contributed by atoms with van der Waals surface area (Å²) in [6, 6.07) is -0.228. The van der Waals surface area contributed by atoms with E-state index in [0.29, 0.717) is 31.7 Å². The van der Waals surface area contributed by atoms with Crippen LogP contribution in [0.3, 0.4) is 0 Å².